The van der Waals surface area contributed by atoms with Crippen LogP contribution in [0.4, 0.5) is 4.39 Å². The van der Waals surface area contributed by atoms with Crippen LogP contribution < -0.4 is 0 Å². The molecule has 1 aliphatic carbocycles. The van der Waals surface area contributed by atoms with Gasteiger partial charge in [0.15, 0.2) is 0 Å². The lowest BCUT2D eigenvalue weighted by molar-refractivity contribution is 0.477. The lowest BCUT2D eigenvalue weighted by Crippen LogP contribution is -2.06. The predicted molar refractivity (Wildman–Crippen MR) is 56.6 cm³/mol. The van der Waals surface area contributed by atoms with Gasteiger partial charge in [-0.25, -0.2) is 4.39 Å². The predicted octanol–water partition coefficient (Wildman–Crippen LogP) is 3.72. The van der Waals surface area contributed by atoms with E-state index in [-0.39, 0.29) is 5.82 Å². The van der Waals surface area contributed by atoms with Crippen LogP contribution in [0.15, 0.2) is 36.4 Å². The van der Waals surface area contributed by atoms with E-state index >= 15 is 0 Å². The van der Waals surface area contributed by atoms with E-state index in [2.05, 4.69) is 12.2 Å². The maximum Gasteiger partial charge on any atom is 0.123 e. The van der Waals surface area contributed by atoms with E-state index in [0.717, 1.165) is 12.3 Å². The molecule has 0 unspecified atom stereocenters. The lowest BCUT2D eigenvalue weighted by Gasteiger charge is -2.17. The maximum absolute atomic E-state index is 12.7. The van der Waals surface area contributed by atoms with Gasteiger partial charge in [-0.1, -0.05) is 24.3 Å². The van der Waals surface area contributed by atoms with Gasteiger partial charge in [0.25, 0.3) is 0 Å². The Balaban J connectivity index is 1.96. The molecule has 1 heteroatoms. The van der Waals surface area contributed by atoms with Crippen LogP contribution in [0.5, 0.6) is 0 Å². The highest BCUT2D eigenvalue weighted by Gasteiger charge is 2.10. The fourth-order valence-electron chi connectivity index (χ4n) is 2.00. The summed E-state index contributed by atoms with van der Waals surface area (Å²) in [4.78, 5) is 0. The molecule has 14 heavy (non-hydrogen) atoms. The smallest absolute Gasteiger partial charge is 0.123 e. The average Bonchev–Trinajstić information content (AvgIpc) is 2.23. The molecule has 0 nitrogen and oxygen atoms in total. The van der Waals surface area contributed by atoms with Crippen molar-refractivity contribution in [1.82, 2.24) is 0 Å². The summed E-state index contributed by atoms with van der Waals surface area (Å²) in [6, 6.07) is 6.89. The molecule has 2 rings (SSSR count). The van der Waals surface area contributed by atoms with Crippen LogP contribution in [0.1, 0.15) is 24.8 Å². The van der Waals surface area contributed by atoms with Crippen LogP contribution in [0, 0.1) is 11.7 Å². The van der Waals surface area contributed by atoms with Gasteiger partial charge in [0.2, 0.25) is 0 Å². The Bertz CT molecular complexity index is 311. The zero-order valence-electron chi connectivity index (χ0n) is 8.25. The van der Waals surface area contributed by atoms with Crippen LogP contribution >= 0.6 is 0 Å². The van der Waals surface area contributed by atoms with E-state index in [1.807, 2.05) is 12.1 Å². The van der Waals surface area contributed by atoms with Crippen LogP contribution in [0.25, 0.3) is 0 Å². The van der Waals surface area contributed by atoms with Crippen molar-refractivity contribution in [3.8, 4) is 0 Å². The number of halogens is 1. The molecule has 0 saturated carbocycles. The van der Waals surface area contributed by atoms with Crippen LogP contribution in [-0.4, -0.2) is 0 Å². The van der Waals surface area contributed by atoms with E-state index in [4.69, 9.17) is 0 Å². The molecule has 74 valence electrons. The summed E-state index contributed by atoms with van der Waals surface area (Å²) in [5.41, 5.74) is 1.26. The van der Waals surface area contributed by atoms with Crippen molar-refractivity contribution in [2.24, 2.45) is 5.92 Å². The minimum absolute atomic E-state index is 0.141. The Labute approximate surface area is 84.5 Å². The normalized spacial score (nSPS) is 21.1. The second-order valence-electron chi connectivity index (χ2n) is 3.98. The molecule has 0 amide bonds. The van der Waals surface area contributed by atoms with E-state index < -0.39 is 0 Å². The molecule has 1 aromatic carbocycles. The first-order valence-corrected chi connectivity index (χ1v) is 5.24. The lowest BCUT2D eigenvalue weighted by atomic mass is 9.89. The molecular formula is C13H15F. The molecule has 0 aromatic heterocycles. The molecule has 0 spiro atoms. The number of rotatable bonds is 2. The summed E-state index contributed by atoms with van der Waals surface area (Å²) in [6.07, 6.45) is 9.25. The first-order chi connectivity index (χ1) is 6.84. The van der Waals surface area contributed by atoms with Gasteiger partial charge in [0, 0.05) is 0 Å². The molecule has 0 saturated heterocycles. The molecule has 1 aliphatic rings. The van der Waals surface area contributed by atoms with Gasteiger partial charge in [-0.3, -0.25) is 0 Å². The van der Waals surface area contributed by atoms with Gasteiger partial charge < -0.3 is 0 Å². The Hall–Kier alpha value is -1.11. The maximum atomic E-state index is 12.7. The monoisotopic (exact) mass is 190 g/mol. The van der Waals surface area contributed by atoms with Crippen molar-refractivity contribution < 1.29 is 4.39 Å². The molecule has 0 N–H and O–H groups in total. The van der Waals surface area contributed by atoms with E-state index in [9.17, 15) is 4.39 Å². The van der Waals surface area contributed by atoms with Gasteiger partial charge in [0.05, 0.1) is 0 Å². The number of allylic oxidation sites excluding steroid dienone is 2. The number of hydrogen-bond donors (Lipinski definition) is 0. The van der Waals surface area contributed by atoms with Gasteiger partial charge >= 0.3 is 0 Å². The minimum Gasteiger partial charge on any atom is -0.207 e. The SMILES string of the molecule is Fc1ccc(C[C@@H]2CC=CCC2)cc1. The fourth-order valence-corrected chi connectivity index (χ4v) is 2.00. The zero-order valence-corrected chi connectivity index (χ0v) is 8.25. The van der Waals surface area contributed by atoms with Gasteiger partial charge in [-0.2, -0.15) is 0 Å². The second-order valence-corrected chi connectivity index (χ2v) is 3.98. The molecule has 0 radical (unpaired) electrons. The molecule has 1 aromatic rings. The Kier molecular flexibility index (Phi) is 2.97. The highest BCUT2D eigenvalue weighted by atomic mass is 19.1. The molecule has 0 bridgehead atoms. The third-order valence-electron chi connectivity index (χ3n) is 2.82. The van der Waals surface area contributed by atoms with E-state index in [1.165, 1.54) is 24.8 Å². The third kappa shape index (κ3) is 2.44. The second kappa shape index (κ2) is 4.41. The summed E-state index contributed by atoms with van der Waals surface area (Å²) < 4.78 is 12.7. The Morgan fingerprint density at radius 2 is 1.93 bits per heavy atom. The summed E-state index contributed by atoms with van der Waals surface area (Å²) in [6.45, 7) is 0. The average molecular weight is 190 g/mol. The first kappa shape index (κ1) is 9.45. The summed E-state index contributed by atoms with van der Waals surface area (Å²) in [7, 11) is 0. The van der Waals surface area contributed by atoms with Crippen molar-refractivity contribution >= 4 is 0 Å². The third-order valence-corrected chi connectivity index (χ3v) is 2.82. The van der Waals surface area contributed by atoms with Crippen LogP contribution in [0.3, 0.4) is 0 Å². The summed E-state index contributed by atoms with van der Waals surface area (Å²) in [5, 5.41) is 0. The van der Waals surface area contributed by atoms with Crippen molar-refractivity contribution in [3.63, 3.8) is 0 Å². The van der Waals surface area contributed by atoms with Crippen molar-refractivity contribution in [2.75, 3.05) is 0 Å². The van der Waals surface area contributed by atoms with Crippen molar-refractivity contribution in [1.29, 1.82) is 0 Å². The van der Waals surface area contributed by atoms with E-state index in [0.29, 0.717) is 0 Å². The van der Waals surface area contributed by atoms with Gasteiger partial charge in [-0.05, 0) is 49.3 Å². The zero-order chi connectivity index (χ0) is 9.80. The minimum atomic E-state index is -0.141. The number of hydrogen-bond acceptors (Lipinski definition) is 0. The molecule has 1 atom stereocenters. The van der Waals surface area contributed by atoms with Crippen molar-refractivity contribution in [3.05, 3.63) is 47.8 Å². The standard InChI is InChI=1S/C13H15F/c14-13-8-6-12(7-9-13)10-11-4-2-1-3-5-11/h1-2,6-9,11H,3-5,10H2/t11-/m1/s1. The van der Waals surface area contributed by atoms with Crippen LogP contribution in [-0.2, 0) is 6.42 Å². The van der Waals surface area contributed by atoms with Gasteiger partial charge in [-0.15, -0.1) is 0 Å². The summed E-state index contributed by atoms with van der Waals surface area (Å²) >= 11 is 0. The Morgan fingerprint density at radius 3 is 2.57 bits per heavy atom. The highest BCUT2D eigenvalue weighted by molar-refractivity contribution is 5.17. The van der Waals surface area contributed by atoms with Crippen LogP contribution in [0.2, 0.25) is 0 Å². The molecular weight excluding hydrogens is 175 g/mol. The highest BCUT2D eigenvalue weighted by Crippen LogP contribution is 2.22. The van der Waals surface area contributed by atoms with E-state index in [1.54, 1.807) is 12.1 Å². The van der Waals surface area contributed by atoms with Gasteiger partial charge in [0.1, 0.15) is 5.82 Å². The number of benzene rings is 1. The fraction of sp³-hybridized carbons (Fsp3) is 0.385. The molecule has 0 fully saturated rings. The quantitative estimate of drug-likeness (QED) is 0.623. The first-order valence-electron chi connectivity index (χ1n) is 5.24. The Morgan fingerprint density at radius 1 is 1.14 bits per heavy atom. The van der Waals surface area contributed by atoms with Crippen molar-refractivity contribution in [2.45, 2.75) is 25.7 Å². The summed E-state index contributed by atoms with van der Waals surface area (Å²) in [5.74, 6) is 0.614. The molecule has 0 heterocycles. The molecule has 0 aliphatic heterocycles. The largest absolute Gasteiger partial charge is 0.207 e. The topological polar surface area (TPSA) is 0 Å².